The van der Waals surface area contributed by atoms with Gasteiger partial charge in [-0.3, -0.25) is 4.79 Å². The summed E-state index contributed by atoms with van der Waals surface area (Å²) in [6.07, 6.45) is 0.836. The molecule has 0 saturated carbocycles. The number of nitriles is 1. The van der Waals surface area contributed by atoms with Gasteiger partial charge < -0.3 is 5.32 Å². The Morgan fingerprint density at radius 2 is 1.68 bits per heavy atom. The monoisotopic (exact) mass is 463 g/mol. The summed E-state index contributed by atoms with van der Waals surface area (Å²) in [6, 6.07) is 30.1. The number of hydrogen-bond donors (Lipinski definition) is 1. The molecule has 0 unspecified atom stereocenters. The molecule has 34 heavy (non-hydrogen) atoms. The summed E-state index contributed by atoms with van der Waals surface area (Å²) in [5.74, 6) is 0.0317. The fourth-order valence-corrected chi connectivity index (χ4v) is 4.53. The summed E-state index contributed by atoms with van der Waals surface area (Å²) in [4.78, 5) is 17.5. The van der Waals surface area contributed by atoms with Crippen molar-refractivity contribution in [1.29, 1.82) is 5.26 Å². The Hall–Kier alpha value is -3.88. The molecule has 0 aliphatic rings. The Morgan fingerprint density at radius 1 is 0.971 bits per heavy atom. The third-order valence-corrected chi connectivity index (χ3v) is 6.52. The van der Waals surface area contributed by atoms with Crippen LogP contribution in [0.15, 0.2) is 90.0 Å². The average molecular weight is 464 g/mol. The molecule has 3 aromatic carbocycles. The van der Waals surface area contributed by atoms with E-state index >= 15 is 0 Å². The van der Waals surface area contributed by atoms with Gasteiger partial charge in [0.05, 0.1) is 17.0 Å². The molecule has 0 fully saturated rings. The molecule has 0 bridgehead atoms. The van der Waals surface area contributed by atoms with E-state index in [1.54, 1.807) is 0 Å². The van der Waals surface area contributed by atoms with Crippen LogP contribution in [0, 0.1) is 18.3 Å². The third kappa shape index (κ3) is 5.36. The largest absolute Gasteiger partial charge is 0.325 e. The van der Waals surface area contributed by atoms with Gasteiger partial charge in [-0.2, -0.15) is 5.26 Å². The van der Waals surface area contributed by atoms with Crippen LogP contribution in [-0.4, -0.2) is 16.6 Å². The summed E-state index contributed by atoms with van der Waals surface area (Å²) in [6.45, 7) is 4.10. The van der Waals surface area contributed by atoms with Crippen LogP contribution in [0.4, 0.5) is 5.69 Å². The molecule has 1 heterocycles. The first-order valence-corrected chi connectivity index (χ1v) is 12.2. The van der Waals surface area contributed by atoms with Crippen LogP contribution in [0.5, 0.6) is 0 Å². The van der Waals surface area contributed by atoms with Crippen LogP contribution in [0.1, 0.15) is 23.6 Å². The number of nitrogens with one attached hydrogen (secondary N) is 1. The minimum atomic E-state index is -0.126. The number of benzene rings is 3. The highest BCUT2D eigenvalue weighted by atomic mass is 32.2. The number of rotatable bonds is 7. The predicted octanol–water partition coefficient (Wildman–Crippen LogP) is 6.89. The molecule has 1 aromatic heterocycles. The van der Waals surface area contributed by atoms with Gasteiger partial charge in [0.1, 0.15) is 11.1 Å². The Labute approximate surface area is 204 Å². The number of amides is 1. The first-order valence-electron chi connectivity index (χ1n) is 11.2. The van der Waals surface area contributed by atoms with Crippen LogP contribution < -0.4 is 5.32 Å². The summed E-state index contributed by atoms with van der Waals surface area (Å²) in [5, 5.41) is 13.6. The number of carbonyl (C=O) groups excluding carboxylic acids is 1. The maximum absolute atomic E-state index is 12.8. The van der Waals surface area contributed by atoms with E-state index in [1.165, 1.54) is 11.8 Å². The zero-order valence-electron chi connectivity index (χ0n) is 19.2. The molecule has 5 heteroatoms. The molecule has 1 N–H and O–H groups in total. The van der Waals surface area contributed by atoms with Crippen molar-refractivity contribution in [2.75, 3.05) is 11.1 Å². The summed E-state index contributed by atoms with van der Waals surface area (Å²) in [5.41, 5.74) is 7.04. The van der Waals surface area contributed by atoms with E-state index in [0.29, 0.717) is 10.6 Å². The van der Waals surface area contributed by atoms with E-state index in [4.69, 9.17) is 4.98 Å². The van der Waals surface area contributed by atoms with Crippen molar-refractivity contribution in [2.24, 2.45) is 0 Å². The van der Waals surface area contributed by atoms with Gasteiger partial charge in [0.25, 0.3) is 0 Å². The Morgan fingerprint density at radius 3 is 2.38 bits per heavy atom. The Balaban J connectivity index is 1.68. The van der Waals surface area contributed by atoms with Crippen LogP contribution in [0.3, 0.4) is 0 Å². The second-order valence-corrected chi connectivity index (χ2v) is 8.89. The topological polar surface area (TPSA) is 65.8 Å². The first-order chi connectivity index (χ1) is 16.6. The number of anilines is 1. The number of carbonyl (C=O) groups is 1. The van der Waals surface area contributed by atoms with Gasteiger partial charge in [0, 0.05) is 16.8 Å². The van der Waals surface area contributed by atoms with Gasteiger partial charge in [-0.05, 0) is 36.6 Å². The lowest BCUT2D eigenvalue weighted by Crippen LogP contribution is -2.15. The lowest BCUT2D eigenvalue weighted by molar-refractivity contribution is -0.113. The van der Waals surface area contributed by atoms with Gasteiger partial charge >= 0.3 is 0 Å². The zero-order valence-corrected chi connectivity index (χ0v) is 20.0. The third-order valence-electron chi connectivity index (χ3n) is 5.54. The standard InChI is InChI=1S/C29H25N3OS/c1-3-21-9-7-8-12-26(21)31-28(33)19-34-29-25(18-30)24(22-15-13-20(2)14-16-22)17-27(32-29)23-10-5-4-6-11-23/h4-17H,3,19H2,1-2H3,(H,31,33). The van der Waals surface area contributed by atoms with E-state index in [2.05, 4.69) is 18.3 Å². The molecule has 168 valence electrons. The highest BCUT2D eigenvalue weighted by molar-refractivity contribution is 8.00. The summed E-state index contributed by atoms with van der Waals surface area (Å²) in [7, 11) is 0. The van der Waals surface area contributed by atoms with Crippen LogP contribution in [0.25, 0.3) is 22.4 Å². The van der Waals surface area contributed by atoms with Gasteiger partial charge in [-0.15, -0.1) is 0 Å². The van der Waals surface area contributed by atoms with Crippen LogP contribution in [0.2, 0.25) is 0 Å². The van der Waals surface area contributed by atoms with E-state index < -0.39 is 0 Å². The predicted molar refractivity (Wildman–Crippen MR) is 140 cm³/mol. The molecule has 0 spiro atoms. The smallest absolute Gasteiger partial charge is 0.234 e. The SMILES string of the molecule is CCc1ccccc1NC(=O)CSc1nc(-c2ccccc2)cc(-c2ccc(C)cc2)c1C#N. The number of aryl methyl sites for hydroxylation is 2. The fourth-order valence-electron chi connectivity index (χ4n) is 3.72. The van der Waals surface area contributed by atoms with Gasteiger partial charge in [-0.1, -0.05) is 97.0 Å². The minimum absolute atomic E-state index is 0.126. The molecule has 1 amide bonds. The number of pyridine rings is 1. The maximum Gasteiger partial charge on any atom is 0.234 e. The molecule has 0 aliphatic carbocycles. The van der Waals surface area contributed by atoms with E-state index in [0.717, 1.165) is 45.6 Å². The van der Waals surface area contributed by atoms with Crippen molar-refractivity contribution in [2.45, 2.75) is 25.3 Å². The van der Waals surface area contributed by atoms with E-state index in [9.17, 15) is 10.1 Å². The lowest BCUT2D eigenvalue weighted by atomic mass is 9.98. The summed E-state index contributed by atoms with van der Waals surface area (Å²) < 4.78 is 0. The van der Waals surface area contributed by atoms with Crippen molar-refractivity contribution < 1.29 is 4.79 Å². The zero-order chi connectivity index (χ0) is 23.9. The molecular weight excluding hydrogens is 438 g/mol. The quantitative estimate of drug-likeness (QED) is 0.303. The average Bonchev–Trinajstić information content (AvgIpc) is 2.88. The summed E-state index contributed by atoms with van der Waals surface area (Å²) >= 11 is 1.29. The molecule has 0 aliphatic heterocycles. The van der Waals surface area contributed by atoms with Gasteiger partial charge in [0.15, 0.2) is 0 Å². The second kappa shape index (κ2) is 10.8. The highest BCUT2D eigenvalue weighted by Crippen LogP contribution is 2.34. The molecule has 0 atom stereocenters. The number of para-hydroxylation sites is 1. The van der Waals surface area contributed by atoms with E-state index in [-0.39, 0.29) is 11.7 Å². The van der Waals surface area contributed by atoms with Crippen LogP contribution in [-0.2, 0) is 11.2 Å². The molecule has 4 nitrogen and oxygen atoms in total. The minimum Gasteiger partial charge on any atom is -0.325 e. The van der Waals surface area contributed by atoms with Crippen molar-refractivity contribution >= 4 is 23.4 Å². The molecule has 0 radical (unpaired) electrons. The Bertz CT molecular complexity index is 1340. The van der Waals surface area contributed by atoms with Crippen molar-refractivity contribution in [3.8, 4) is 28.5 Å². The lowest BCUT2D eigenvalue weighted by Gasteiger charge is -2.13. The van der Waals surface area contributed by atoms with Gasteiger partial charge in [-0.25, -0.2) is 4.98 Å². The highest BCUT2D eigenvalue weighted by Gasteiger charge is 2.17. The number of nitrogens with zero attached hydrogens (tertiary/aromatic N) is 2. The number of hydrogen-bond acceptors (Lipinski definition) is 4. The second-order valence-electron chi connectivity index (χ2n) is 7.93. The fraction of sp³-hybridized carbons (Fsp3) is 0.138. The van der Waals surface area contributed by atoms with Crippen LogP contribution >= 0.6 is 11.8 Å². The molecule has 4 aromatic rings. The number of thioether (sulfide) groups is 1. The molecule has 0 saturated heterocycles. The number of aromatic nitrogens is 1. The van der Waals surface area contributed by atoms with E-state index in [1.807, 2.05) is 91.9 Å². The van der Waals surface area contributed by atoms with Crippen molar-refractivity contribution in [3.63, 3.8) is 0 Å². The Kier molecular flexibility index (Phi) is 7.41. The normalized spacial score (nSPS) is 10.5. The molecular formula is C29H25N3OS. The maximum atomic E-state index is 12.8. The molecule has 4 rings (SSSR count). The van der Waals surface area contributed by atoms with Crippen molar-refractivity contribution in [3.05, 3.63) is 102 Å². The first kappa shape index (κ1) is 23.3. The van der Waals surface area contributed by atoms with Crippen molar-refractivity contribution in [1.82, 2.24) is 4.98 Å². The van der Waals surface area contributed by atoms with Gasteiger partial charge in [0.2, 0.25) is 5.91 Å².